The minimum atomic E-state index is -1.08. The number of ether oxygens (including phenoxy) is 2. The minimum Gasteiger partial charge on any atom is -0.509 e. The van der Waals surface area contributed by atoms with Gasteiger partial charge >= 0.3 is 51.4 Å². The number of rotatable bonds is 5. The van der Waals surface area contributed by atoms with E-state index in [0.717, 1.165) is 20.3 Å². The third-order valence-electron chi connectivity index (χ3n) is 2.82. The number of ketones is 1. The third-order valence-corrected chi connectivity index (χ3v) is 2.82. The summed E-state index contributed by atoms with van der Waals surface area (Å²) >= 11 is 0. The van der Waals surface area contributed by atoms with Gasteiger partial charge in [0.1, 0.15) is 5.78 Å². The summed E-state index contributed by atoms with van der Waals surface area (Å²) in [6, 6.07) is 0. The van der Waals surface area contributed by atoms with Crippen LogP contribution in [0.15, 0.2) is 23.4 Å². The first-order valence-electron chi connectivity index (χ1n) is 5.92. The van der Waals surface area contributed by atoms with Crippen LogP contribution in [0.4, 0.5) is 0 Å². The van der Waals surface area contributed by atoms with Gasteiger partial charge in [0.05, 0.1) is 14.2 Å². The van der Waals surface area contributed by atoms with Gasteiger partial charge in [-0.1, -0.05) is 11.6 Å². The first-order chi connectivity index (χ1) is 9.81. The number of allylic oxidation sites excluding steroid dienone is 1. The smallest absolute Gasteiger partial charge is 0.509 e. The molecule has 0 amide bonds. The van der Waals surface area contributed by atoms with Crippen LogP contribution in [-0.2, 0) is 23.9 Å². The van der Waals surface area contributed by atoms with E-state index in [0.29, 0.717) is 0 Å². The fourth-order valence-corrected chi connectivity index (χ4v) is 1.92. The van der Waals surface area contributed by atoms with Gasteiger partial charge in [0.25, 0.3) is 5.97 Å². The Kier molecular flexibility index (Phi) is 8.79. The summed E-state index contributed by atoms with van der Waals surface area (Å²) < 4.78 is 9.07. The molecule has 0 saturated heterocycles. The number of carbonyl (C=O) groups is 3. The molecule has 0 fully saturated rings. The maximum Gasteiger partial charge on any atom is 1.00 e. The van der Waals surface area contributed by atoms with Crippen molar-refractivity contribution in [2.45, 2.75) is 13.3 Å². The van der Waals surface area contributed by atoms with Gasteiger partial charge < -0.3 is 19.1 Å². The number of methoxy groups -OCH3 is 2. The zero-order valence-corrected chi connectivity index (χ0v) is 15.9. The van der Waals surface area contributed by atoms with Crippen molar-refractivity contribution in [2.24, 2.45) is 5.92 Å². The summed E-state index contributed by atoms with van der Waals surface area (Å²) in [6.45, 7) is 1.24. The number of hydrogen-bond donors (Lipinski definition) is 0. The number of carbonyl (C=O) groups excluding carboxylic acids is 3. The summed E-state index contributed by atoms with van der Waals surface area (Å²) in [7, 11) is 2.23. The molecular weight excluding hydrogens is 321 g/mol. The van der Waals surface area contributed by atoms with E-state index in [1.165, 1.54) is 13.0 Å². The van der Waals surface area contributed by atoms with Crippen LogP contribution in [-0.4, -0.2) is 36.9 Å². The quantitative estimate of drug-likeness (QED) is 0.181. The zero-order chi connectivity index (χ0) is 16.2. The second-order valence-corrected chi connectivity index (χ2v) is 4.29. The number of hydrogen-bond acceptors (Lipinski definition) is 7. The van der Waals surface area contributed by atoms with Crippen LogP contribution in [0.25, 0.3) is 0 Å². The van der Waals surface area contributed by atoms with Gasteiger partial charge in [-0.05, 0) is 12.8 Å². The first-order valence-corrected chi connectivity index (χ1v) is 5.92. The van der Waals surface area contributed by atoms with Crippen LogP contribution in [0.5, 0.6) is 0 Å². The predicted octanol–water partition coefficient (Wildman–Crippen LogP) is -2.39. The summed E-state index contributed by atoms with van der Waals surface area (Å²) in [5.74, 6) is -3.12. The van der Waals surface area contributed by atoms with Crippen molar-refractivity contribution in [2.75, 3.05) is 14.2 Å². The van der Waals surface area contributed by atoms with E-state index in [1.54, 1.807) is 0 Å². The Morgan fingerprint density at radius 3 is 2.27 bits per heavy atom. The molecule has 0 N–H and O–H groups in total. The Hall–Kier alpha value is -1.00. The second-order valence-electron chi connectivity index (χ2n) is 4.29. The van der Waals surface area contributed by atoms with Gasteiger partial charge in [0.15, 0.2) is 5.70 Å². The SMILES string of the molecule is COC(=O)C1=CC(C(=O)OC)C=C([N+](=O)[O-])[C-]1CC(C)=O.[K+]. The topological polar surface area (TPSA) is 113 Å². The molecule has 0 saturated carbocycles. The third kappa shape index (κ3) is 5.02. The number of Topliss-reactive ketones (excluding diaryl/α,β-unsaturated/α-hetero) is 1. The molecule has 22 heavy (non-hydrogen) atoms. The van der Waals surface area contributed by atoms with E-state index in [9.17, 15) is 24.5 Å². The Morgan fingerprint density at radius 2 is 1.86 bits per heavy atom. The molecule has 0 spiro atoms. The molecule has 1 aliphatic rings. The van der Waals surface area contributed by atoms with E-state index in [2.05, 4.69) is 9.47 Å². The Bertz CT molecular complexity index is 553. The molecule has 1 atom stereocenters. The van der Waals surface area contributed by atoms with Crippen molar-refractivity contribution < 1.29 is 80.2 Å². The molecule has 1 unspecified atom stereocenters. The van der Waals surface area contributed by atoms with Crippen molar-refractivity contribution in [3.05, 3.63) is 39.5 Å². The van der Waals surface area contributed by atoms with Gasteiger partial charge in [-0.3, -0.25) is 14.9 Å². The molecule has 1 aliphatic carbocycles. The van der Waals surface area contributed by atoms with Gasteiger partial charge in [0, 0.05) is 17.3 Å². The summed E-state index contributed by atoms with van der Waals surface area (Å²) in [4.78, 5) is 45.0. The molecule has 114 valence electrons. The molecule has 9 heteroatoms. The molecule has 0 bridgehead atoms. The van der Waals surface area contributed by atoms with Crippen LogP contribution in [0.1, 0.15) is 13.3 Å². The van der Waals surface area contributed by atoms with Crippen LogP contribution in [0.2, 0.25) is 0 Å². The first kappa shape index (κ1) is 21.0. The molecule has 0 radical (unpaired) electrons. The largest absolute Gasteiger partial charge is 1.00 e. The standard InChI is InChI=1S/C13H14NO7.K/c1-7(15)4-9-10(13(17)21-3)5-8(12(16)20-2)6-11(9)14(18)19;/h5-6,8H,4H2,1-3H3;/q-1;+1. The summed E-state index contributed by atoms with van der Waals surface area (Å²) in [5, 5.41) is 11.1. The van der Waals surface area contributed by atoms with Crippen molar-refractivity contribution in [3.63, 3.8) is 0 Å². The van der Waals surface area contributed by atoms with Crippen LogP contribution in [0.3, 0.4) is 0 Å². The molecule has 0 aromatic heterocycles. The van der Waals surface area contributed by atoms with Crippen molar-refractivity contribution in [3.8, 4) is 0 Å². The Balaban J connectivity index is 0.00000441. The average Bonchev–Trinajstić information content (AvgIpc) is 2.44. The molecule has 0 aromatic rings. The number of nitro groups is 1. The Morgan fingerprint density at radius 1 is 1.27 bits per heavy atom. The van der Waals surface area contributed by atoms with Crippen LogP contribution < -0.4 is 51.4 Å². The van der Waals surface area contributed by atoms with E-state index in [-0.39, 0.29) is 75.1 Å². The molecule has 0 aliphatic heterocycles. The van der Waals surface area contributed by atoms with Crippen LogP contribution >= 0.6 is 0 Å². The fraction of sp³-hybridized carbons (Fsp3) is 0.385. The minimum absolute atomic E-state index is 0. The fourth-order valence-electron chi connectivity index (χ4n) is 1.92. The molecule has 0 aromatic carbocycles. The van der Waals surface area contributed by atoms with Crippen molar-refractivity contribution >= 4 is 17.7 Å². The van der Waals surface area contributed by atoms with E-state index in [1.807, 2.05) is 0 Å². The molecule has 8 nitrogen and oxygen atoms in total. The molecular formula is C13H14KNO7. The maximum absolute atomic E-state index is 11.8. The number of nitrogens with zero attached hydrogens (tertiary/aromatic N) is 1. The van der Waals surface area contributed by atoms with E-state index in [4.69, 9.17) is 0 Å². The normalized spacial score (nSPS) is 16.7. The van der Waals surface area contributed by atoms with Gasteiger partial charge in [0.2, 0.25) is 5.97 Å². The van der Waals surface area contributed by atoms with Crippen molar-refractivity contribution in [1.29, 1.82) is 0 Å². The van der Waals surface area contributed by atoms with E-state index >= 15 is 0 Å². The molecule has 1 rings (SSSR count). The van der Waals surface area contributed by atoms with E-state index < -0.39 is 28.5 Å². The monoisotopic (exact) mass is 335 g/mol. The zero-order valence-electron chi connectivity index (χ0n) is 12.7. The van der Waals surface area contributed by atoms with Gasteiger partial charge in [-0.15, -0.1) is 6.08 Å². The van der Waals surface area contributed by atoms with Crippen LogP contribution in [0, 0.1) is 22.0 Å². The van der Waals surface area contributed by atoms with Gasteiger partial charge in [-0.2, -0.15) is 0 Å². The second kappa shape index (κ2) is 9.21. The Labute approximate surface area is 169 Å². The summed E-state index contributed by atoms with van der Waals surface area (Å²) in [6.07, 6.45) is 1.95. The van der Waals surface area contributed by atoms with Crippen molar-refractivity contribution in [1.82, 2.24) is 0 Å². The van der Waals surface area contributed by atoms with Gasteiger partial charge in [-0.25, -0.2) is 0 Å². The number of esters is 2. The predicted molar refractivity (Wildman–Crippen MR) is 69.2 cm³/mol. The summed E-state index contributed by atoms with van der Waals surface area (Å²) in [5.41, 5.74) is -0.638. The maximum atomic E-state index is 11.8. The average molecular weight is 335 g/mol. The molecule has 0 heterocycles.